The van der Waals surface area contributed by atoms with E-state index in [1.807, 2.05) is 25.1 Å². The summed E-state index contributed by atoms with van der Waals surface area (Å²) in [5.74, 6) is 0.197. The highest BCUT2D eigenvalue weighted by Gasteiger charge is 2.52. The van der Waals surface area contributed by atoms with Gasteiger partial charge in [0.15, 0.2) is 0 Å². The van der Waals surface area contributed by atoms with Gasteiger partial charge < -0.3 is 15.0 Å². The van der Waals surface area contributed by atoms with Crippen LogP contribution in [0.25, 0.3) is 10.2 Å². The van der Waals surface area contributed by atoms with Gasteiger partial charge in [-0.1, -0.05) is 31.2 Å². The average Bonchev–Trinajstić information content (AvgIpc) is 3.44. The van der Waals surface area contributed by atoms with Crippen molar-refractivity contribution in [1.29, 1.82) is 0 Å². The van der Waals surface area contributed by atoms with Crippen LogP contribution in [0.4, 0.5) is 4.79 Å². The van der Waals surface area contributed by atoms with Crippen molar-refractivity contribution in [2.75, 3.05) is 26.7 Å². The summed E-state index contributed by atoms with van der Waals surface area (Å²) < 4.78 is 6.35. The van der Waals surface area contributed by atoms with Crippen LogP contribution in [0.5, 0.6) is 5.75 Å². The van der Waals surface area contributed by atoms with E-state index in [4.69, 9.17) is 9.72 Å². The molecule has 182 valence electrons. The topological polar surface area (TPSA) is 91.8 Å². The number of urea groups is 1. The molecule has 2 fully saturated rings. The molecule has 2 atom stereocenters. The molecule has 2 aromatic carbocycles. The van der Waals surface area contributed by atoms with Crippen molar-refractivity contribution in [3.05, 3.63) is 59.1 Å². The first-order valence-electron chi connectivity index (χ1n) is 11.9. The Morgan fingerprint density at radius 2 is 1.97 bits per heavy atom. The summed E-state index contributed by atoms with van der Waals surface area (Å²) in [4.78, 5) is 47.1. The summed E-state index contributed by atoms with van der Waals surface area (Å²) in [5.41, 5.74) is 0.461. The highest BCUT2D eigenvalue weighted by Crippen LogP contribution is 2.35. The lowest BCUT2D eigenvalue weighted by atomic mass is 9.87. The zero-order valence-electron chi connectivity index (χ0n) is 19.8. The van der Waals surface area contributed by atoms with Gasteiger partial charge in [0, 0.05) is 19.0 Å². The van der Waals surface area contributed by atoms with Crippen LogP contribution in [0, 0.1) is 0 Å². The number of imide groups is 1. The van der Waals surface area contributed by atoms with Crippen LogP contribution < -0.4 is 10.1 Å². The van der Waals surface area contributed by atoms with E-state index < -0.39 is 17.5 Å². The summed E-state index contributed by atoms with van der Waals surface area (Å²) in [7, 11) is 1.57. The number of para-hydroxylation sites is 1. The first kappa shape index (κ1) is 23.3. The Hall–Kier alpha value is -3.46. The minimum atomic E-state index is -1.19. The molecule has 0 aliphatic carbocycles. The van der Waals surface area contributed by atoms with E-state index in [1.54, 1.807) is 47.6 Å². The van der Waals surface area contributed by atoms with Gasteiger partial charge in [0.1, 0.15) is 17.8 Å². The first-order chi connectivity index (χ1) is 16.9. The van der Waals surface area contributed by atoms with Gasteiger partial charge in [-0.3, -0.25) is 14.5 Å². The fourth-order valence-corrected chi connectivity index (χ4v) is 6.08. The minimum Gasteiger partial charge on any atom is -0.497 e. The summed E-state index contributed by atoms with van der Waals surface area (Å²) in [6, 6.07) is 14.6. The second-order valence-corrected chi connectivity index (χ2v) is 10.1. The smallest absolute Gasteiger partial charge is 0.325 e. The summed E-state index contributed by atoms with van der Waals surface area (Å²) in [6.45, 7) is 2.73. The molecule has 5 rings (SSSR count). The van der Waals surface area contributed by atoms with Crippen LogP contribution in [0.1, 0.15) is 42.7 Å². The molecule has 0 radical (unpaired) electrons. The predicted octanol–water partition coefficient (Wildman–Crippen LogP) is 3.87. The van der Waals surface area contributed by atoms with Gasteiger partial charge in [-0.15, -0.1) is 11.3 Å². The quantitative estimate of drug-likeness (QED) is 0.528. The highest BCUT2D eigenvalue weighted by atomic mass is 32.1. The van der Waals surface area contributed by atoms with Gasteiger partial charge in [0.2, 0.25) is 5.91 Å². The van der Waals surface area contributed by atoms with Crippen LogP contribution in [0.3, 0.4) is 0 Å². The minimum absolute atomic E-state index is 0.155. The van der Waals surface area contributed by atoms with Gasteiger partial charge in [0.05, 0.1) is 22.3 Å². The molecule has 2 saturated heterocycles. The number of carbonyl (C=O) groups is 3. The lowest BCUT2D eigenvalue weighted by Gasteiger charge is -2.32. The molecular formula is C26H28N4O4S. The van der Waals surface area contributed by atoms with E-state index in [-0.39, 0.29) is 18.4 Å². The molecule has 1 N–H and O–H groups in total. The summed E-state index contributed by atoms with van der Waals surface area (Å²) >= 11 is 1.67. The lowest BCUT2D eigenvalue weighted by molar-refractivity contribution is -0.140. The number of nitrogens with one attached hydrogen (secondary N) is 1. The van der Waals surface area contributed by atoms with Gasteiger partial charge in [-0.05, 0) is 49.1 Å². The van der Waals surface area contributed by atoms with Crippen molar-refractivity contribution in [1.82, 2.24) is 20.1 Å². The van der Waals surface area contributed by atoms with E-state index in [1.165, 1.54) is 0 Å². The fraction of sp³-hybridized carbons (Fsp3) is 0.385. The number of ether oxygens (including phenoxy) is 1. The summed E-state index contributed by atoms with van der Waals surface area (Å²) in [6.07, 6.45) is 2.19. The lowest BCUT2D eigenvalue weighted by Crippen LogP contribution is -2.47. The number of piperidine rings is 1. The van der Waals surface area contributed by atoms with Crippen LogP contribution in [-0.2, 0) is 15.1 Å². The van der Waals surface area contributed by atoms with E-state index >= 15 is 0 Å². The molecule has 1 aromatic heterocycles. The Morgan fingerprint density at radius 3 is 2.69 bits per heavy atom. The van der Waals surface area contributed by atoms with Crippen LogP contribution >= 0.6 is 11.3 Å². The Labute approximate surface area is 207 Å². The molecule has 4 amide bonds. The van der Waals surface area contributed by atoms with Gasteiger partial charge in [-0.25, -0.2) is 9.78 Å². The number of thiazole rings is 1. The average molecular weight is 493 g/mol. The van der Waals surface area contributed by atoms with E-state index in [0.29, 0.717) is 30.8 Å². The monoisotopic (exact) mass is 492 g/mol. The number of hydrogen-bond acceptors (Lipinski definition) is 6. The van der Waals surface area contributed by atoms with Gasteiger partial charge in [-0.2, -0.15) is 0 Å². The molecule has 3 heterocycles. The number of benzene rings is 2. The van der Waals surface area contributed by atoms with Crippen LogP contribution in [-0.4, -0.2) is 59.4 Å². The molecule has 0 bridgehead atoms. The maximum atomic E-state index is 13.5. The SMILES string of the molecule is CC[C@@]1(c2ccc(OC)cc2)NC(=O)N(CC(=O)N2CCC[C@@H](c3nc4ccccc4s3)C2)C1=O. The number of aromatic nitrogens is 1. The third-order valence-electron chi connectivity index (χ3n) is 7.02. The third kappa shape index (κ3) is 4.14. The first-order valence-corrected chi connectivity index (χ1v) is 12.7. The standard InChI is InChI=1S/C26H28N4O4S/c1-3-26(18-10-12-19(34-2)13-11-18)24(32)30(25(33)28-26)16-22(31)29-14-6-7-17(15-29)23-27-20-8-4-5-9-21(20)35-23/h4-5,8-13,17H,3,6-7,14-16H2,1-2H3,(H,28,33)/t17-,26+/m1/s1. The Balaban J connectivity index is 1.30. The van der Waals surface area contributed by atoms with Gasteiger partial charge in [0.25, 0.3) is 5.91 Å². The van der Waals surface area contributed by atoms with Crippen molar-refractivity contribution < 1.29 is 19.1 Å². The summed E-state index contributed by atoms with van der Waals surface area (Å²) in [5, 5.41) is 3.88. The van der Waals surface area contributed by atoms with Crippen molar-refractivity contribution in [2.45, 2.75) is 37.6 Å². The number of methoxy groups -OCH3 is 1. The largest absolute Gasteiger partial charge is 0.497 e. The second kappa shape index (κ2) is 9.30. The molecule has 2 aliphatic heterocycles. The maximum Gasteiger partial charge on any atom is 0.325 e. The fourth-order valence-electron chi connectivity index (χ4n) is 4.99. The highest BCUT2D eigenvalue weighted by molar-refractivity contribution is 7.18. The molecule has 3 aromatic rings. The zero-order valence-corrected chi connectivity index (χ0v) is 20.6. The van der Waals surface area contributed by atoms with Crippen molar-refractivity contribution in [2.24, 2.45) is 0 Å². The number of rotatable bonds is 6. The van der Waals surface area contributed by atoms with Crippen molar-refractivity contribution in [3.8, 4) is 5.75 Å². The molecule has 8 nitrogen and oxygen atoms in total. The number of fused-ring (bicyclic) bond motifs is 1. The zero-order chi connectivity index (χ0) is 24.6. The molecule has 0 saturated carbocycles. The molecular weight excluding hydrogens is 464 g/mol. The maximum absolute atomic E-state index is 13.5. The number of nitrogens with zero attached hydrogens (tertiary/aromatic N) is 3. The molecule has 0 unspecified atom stereocenters. The van der Waals surface area contributed by atoms with Crippen molar-refractivity contribution >= 4 is 39.4 Å². The van der Waals surface area contributed by atoms with Gasteiger partial charge >= 0.3 is 6.03 Å². The normalized spacial score (nSPS) is 22.5. The Kier molecular flexibility index (Phi) is 6.19. The Morgan fingerprint density at radius 1 is 1.20 bits per heavy atom. The Bertz CT molecular complexity index is 1240. The number of hydrogen-bond donors (Lipinski definition) is 1. The molecule has 2 aliphatic rings. The van der Waals surface area contributed by atoms with E-state index in [2.05, 4.69) is 11.4 Å². The number of amides is 4. The molecule has 35 heavy (non-hydrogen) atoms. The van der Waals surface area contributed by atoms with E-state index in [0.717, 1.165) is 33.0 Å². The third-order valence-corrected chi connectivity index (χ3v) is 8.21. The number of carbonyl (C=O) groups excluding carboxylic acids is 3. The number of likely N-dealkylation sites (tertiary alicyclic amines) is 1. The molecule has 0 spiro atoms. The van der Waals surface area contributed by atoms with Crippen LogP contribution in [0.15, 0.2) is 48.5 Å². The van der Waals surface area contributed by atoms with Crippen molar-refractivity contribution in [3.63, 3.8) is 0 Å². The second-order valence-electron chi connectivity index (χ2n) is 9.01. The van der Waals surface area contributed by atoms with Crippen LogP contribution in [0.2, 0.25) is 0 Å². The molecule has 9 heteroatoms. The van der Waals surface area contributed by atoms with E-state index in [9.17, 15) is 14.4 Å². The predicted molar refractivity (Wildman–Crippen MR) is 133 cm³/mol.